The number of hydrogen-bond acceptors (Lipinski definition) is 5. The second kappa shape index (κ2) is 11.8. The molecule has 1 aliphatic heterocycles. The van der Waals surface area contributed by atoms with Crippen molar-refractivity contribution < 1.29 is 29.0 Å². The van der Waals surface area contributed by atoms with Gasteiger partial charge in [0.25, 0.3) is 0 Å². The van der Waals surface area contributed by atoms with E-state index in [1.807, 2.05) is 18.2 Å². The lowest BCUT2D eigenvalue weighted by Crippen LogP contribution is -2.39. The summed E-state index contributed by atoms with van der Waals surface area (Å²) in [5, 5.41) is 9.45. The summed E-state index contributed by atoms with van der Waals surface area (Å²) >= 11 is 6.17. The Labute approximate surface area is 216 Å². The SMILES string of the molecule is COc1ccc(CC(=O)Cc2ccc3c(c2)CCN(C(=O)OC2CCC(CC(=O)O)CC2)C3)cc1Cl. The van der Waals surface area contributed by atoms with Gasteiger partial charge >= 0.3 is 12.1 Å². The Bertz CT molecular complexity index is 1130. The summed E-state index contributed by atoms with van der Waals surface area (Å²) in [7, 11) is 1.56. The number of rotatable bonds is 8. The van der Waals surface area contributed by atoms with E-state index in [1.54, 1.807) is 24.1 Å². The molecule has 1 heterocycles. The first-order chi connectivity index (χ1) is 17.3. The van der Waals surface area contributed by atoms with Crippen LogP contribution >= 0.6 is 11.6 Å². The van der Waals surface area contributed by atoms with Crippen LogP contribution in [-0.2, 0) is 40.1 Å². The summed E-state index contributed by atoms with van der Waals surface area (Å²) in [6.45, 7) is 1.06. The number of ketones is 1. The number of ether oxygens (including phenoxy) is 2. The predicted octanol–water partition coefficient (Wildman–Crippen LogP) is 5.23. The van der Waals surface area contributed by atoms with E-state index in [4.69, 9.17) is 26.2 Å². The molecule has 1 amide bonds. The molecule has 192 valence electrons. The highest BCUT2D eigenvalue weighted by Crippen LogP contribution is 2.30. The van der Waals surface area contributed by atoms with Crippen molar-refractivity contribution in [2.24, 2.45) is 5.92 Å². The van der Waals surface area contributed by atoms with Crippen LogP contribution in [0.4, 0.5) is 4.79 Å². The van der Waals surface area contributed by atoms with Gasteiger partial charge in [0.2, 0.25) is 0 Å². The lowest BCUT2D eigenvalue weighted by atomic mass is 9.85. The zero-order valence-electron chi connectivity index (χ0n) is 20.5. The molecule has 4 rings (SSSR count). The van der Waals surface area contributed by atoms with Crippen molar-refractivity contribution in [3.8, 4) is 5.75 Å². The number of benzene rings is 2. The average Bonchev–Trinajstić information content (AvgIpc) is 2.84. The van der Waals surface area contributed by atoms with Gasteiger partial charge in [-0.25, -0.2) is 4.79 Å². The molecule has 0 aromatic heterocycles. The van der Waals surface area contributed by atoms with E-state index < -0.39 is 5.97 Å². The minimum absolute atomic E-state index is 0.107. The van der Waals surface area contributed by atoms with Crippen LogP contribution in [-0.4, -0.2) is 47.6 Å². The second-order valence-corrected chi connectivity index (χ2v) is 10.2. The molecule has 1 saturated carbocycles. The number of halogens is 1. The first-order valence-electron chi connectivity index (χ1n) is 12.4. The topological polar surface area (TPSA) is 93.1 Å². The zero-order valence-corrected chi connectivity index (χ0v) is 21.3. The highest BCUT2D eigenvalue weighted by molar-refractivity contribution is 6.32. The Balaban J connectivity index is 1.27. The minimum Gasteiger partial charge on any atom is -0.495 e. The van der Waals surface area contributed by atoms with E-state index in [0.29, 0.717) is 56.0 Å². The van der Waals surface area contributed by atoms with Crippen LogP contribution in [0.25, 0.3) is 0 Å². The van der Waals surface area contributed by atoms with E-state index in [0.717, 1.165) is 35.1 Å². The Morgan fingerprint density at radius 2 is 1.69 bits per heavy atom. The lowest BCUT2D eigenvalue weighted by molar-refractivity contribution is -0.138. The van der Waals surface area contributed by atoms with Crippen LogP contribution < -0.4 is 4.74 Å². The fourth-order valence-corrected chi connectivity index (χ4v) is 5.41. The maximum Gasteiger partial charge on any atom is 0.410 e. The largest absolute Gasteiger partial charge is 0.495 e. The van der Waals surface area contributed by atoms with Crippen LogP contribution in [0.2, 0.25) is 5.02 Å². The number of aliphatic carboxylic acids is 1. The van der Waals surface area contributed by atoms with Crippen molar-refractivity contribution >= 4 is 29.4 Å². The van der Waals surface area contributed by atoms with Crippen LogP contribution in [0.15, 0.2) is 36.4 Å². The van der Waals surface area contributed by atoms with Gasteiger partial charge in [-0.15, -0.1) is 0 Å². The molecule has 2 aromatic carbocycles. The first-order valence-corrected chi connectivity index (χ1v) is 12.8. The molecule has 0 atom stereocenters. The molecule has 1 fully saturated rings. The average molecular weight is 514 g/mol. The van der Waals surface area contributed by atoms with Gasteiger partial charge in [-0.2, -0.15) is 0 Å². The number of methoxy groups -OCH3 is 1. The van der Waals surface area contributed by atoms with Gasteiger partial charge < -0.3 is 19.5 Å². The second-order valence-electron chi connectivity index (χ2n) is 9.76. The molecule has 0 unspecified atom stereocenters. The summed E-state index contributed by atoms with van der Waals surface area (Å²) in [5.74, 6) is 0.102. The third-order valence-corrected chi connectivity index (χ3v) is 7.38. The first kappa shape index (κ1) is 26.0. The maximum atomic E-state index is 12.7. The quantitative estimate of drug-likeness (QED) is 0.519. The molecule has 36 heavy (non-hydrogen) atoms. The number of carboxylic acid groups (broad SMARTS) is 1. The number of Topliss-reactive ketones (excluding diaryl/α,β-unsaturated/α-hetero) is 1. The molecule has 0 saturated heterocycles. The summed E-state index contributed by atoms with van der Waals surface area (Å²) in [5.41, 5.74) is 4.05. The molecule has 2 aliphatic rings. The summed E-state index contributed by atoms with van der Waals surface area (Å²) < 4.78 is 10.9. The summed E-state index contributed by atoms with van der Waals surface area (Å²) in [4.78, 5) is 38.0. The van der Waals surface area contributed by atoms with Crippen molar-refractivity contribution in [1.29, 1.82) is 0 Å². The van der Waals surface area contributed by atoms with E-state index in [1.165, 1.54) is 0 Å². The highest BCUT2D eigenvalue weighted by atomic mass is 35.5. The normalized spacial score (nSPS) is 19.3. The van der Waals surface area contributed by atoms with Crippen molar-refractivity contribution in [3.63, 3.8) is 0 Å². The Kier molecular flexibility index (Phi) is 8.52. The number of carboxylic acids is 1. The molecule has 2 aromatic rings. The molecule has 1 aliphatic carbocycles. The van der Waals surface area contributed by atoms with Gasteiger partial charge in [-0.1, -0.05) is 35.9 Å². The minimum atomic E-state index is -0.767. The lowest BCUT2D eigenvalue weighted by Gasteiger charge is -2.32. The standard InChI is InChI=1S/C28H32ClNO6/c1-35-26-9-5-20(15-25(26)29)14-23(31)13-19-2-6-22-17-30(11-10-21(22)12-19)28(34)36-24-7-3-18(4-8-24)16-27(32)33/h2,5-6,9,12,15,18,24H,3-4,7-8,10-11,13-14,16-17H2,1H3,(H,32,33). The summed E-state index contributed by atoms with van der Waals surface area (Å²) in [6, 6.07) is 11.4. The maximum absolute atomic E-state index is 12.7. The van der Waals surface area contributed by atoms with Crippen molar-refractivity contribution in [3.05, 3.63) is 63.7 Å². The Morgan fingerprint density at radius 3 is 2.36 bits per heavy atom. The molecular weight excluding hydrogens is 482 g/mol. The number of amides is 1. The molecule has 0 spiro atoms. The van der Waals surface area contributed by atoms with Crippen LogP contribution in [0, 0.1) is 5.92 Å². The molecule has 7 nitrogen and oxygen atoms in total. The van der Waals surface area contributed by atoms with Crippen LogP contribution in [0.5, 0.6) is 5.75 Å². The molecular formula is C28H32ClNO6. The predicted molar refractivity (Wildman–Crippen MR) is 135 cm³/mol. The van der Waals surface area contributed by atoms with Gasteiger partial charge in [0, 0.05) is 32.4 Å². The van der Waals surface area contributed by atoms with Crippen molar-refractivity contribution in [2.75, 3.05) is 13.7 Å². The van der Waals surface area contributed by atoms with E-state index in [-0.39, 0.29) is 30.3 Å². The van der Waals surface area contributed by atoms with E-state index in [9.17, 15) is 14.4 Å². The Hall–Kier alpha value is -3.06. The Morgan fingerprint density at radius 1 is 1.00 bits per heavy atom. The van der Waals surface area contributed by atoms with E-state index >= 15 is 0 Å². The third-order valence-electron chi connectivity index (χ3n) is 7.08. The van der Waals surface area contributed by atoms with Crippen LogP contribution in [0.3, 0.4) is 0 Å². The number of carbonyl (C=O) groups excluding carboxylic acids is 2. The van der Waals surface area contributed by atoms with Crippen LogP contribution in [0.1, 0.15) is 54.4 Å². The number of fused-ring (bicyclic) bond motifs is 1. The van der Waals surface area contributed by atoms with Gasteiger partial charge in [0.15, 0.2) is 0 Å². The third kappa shape index (κ3) is 6.78. The highest BCUT2D eigenvalue weighted by Gasteiger charge is 2.28. The van der Waals surface area contributed by atoms with E-state index in [2.05, 4.69) is 6.07 Å². The van der Waals surface area contributed by atoms with Crippen molar-refractivity contribution in [1.82, 2.24) is 4.90 Å². The zero-order chi connectivity index (χ0) is 25.7. The number of carbonyl (C=O) groups is 3. The monoisotopic (exact) mass is 513 g/mol. The fourth-order valence-electron chi connectivity index (χ4n) is 5.13. The molecule has 0 radical (unpaired) electrons. The van der Waals surface area contributed by atoms with Crippen molar-refractivity contribution in [2.45, 2.75) is 64.0 Å². The van der Waals surface area contributed by atoms with Gasteiger partial charge in [0.05, 0.1) is 12.1 Å². The van der Waals surface area contributed by atoms with Gasteiger partial charge in [0.1, 0.15) is 17.6 Å². The molecule has 0 bridgehead atoms. The van der Waals surface area contributed by atoms with Gasteiger partial charge in [-0.3, -0.25) is 9.59 Å². The molecule has 1 N–H and O–H groups in total. The smallest absolute Gasteiger partial charge is 0.410 e. The molecule has 8 heteroatoms. The van der Waals surface area contributed by atoms with Gasteiger partial charge in [-0.05, 0) is 72.4 Å². The summed E-state index contributed by atoms with van der Waals surface area (Å²) in [6.07, 6.45) is 4.09. The number of hydrogen-bond donors (Lipinski definition) is 1. The fraction of sp³-hybridized carbons (Fsp3) is 0.464. The number of nitrogens with zero attached hydrogens (tertiary/aromatic N) is 1.